The first-order valence-corrected chi connectivity index (χ1v) is 9.14. The SMILES string of the molecule is O=C1c2ccccc2C(=O)c2c(O)c3c(c(O)c21)C(O)CC3c1ccccc1F. The van der Waals surface area contributed by atoms with Gasteiger partial charge >= 0.3 is 0 Å². The van der Waals surface area contributed by atoms with Gasteiger partial charge in [-0.25, -0.2) is 4.39 Å². The Bertz CT molecular complexity index is 1230. The van der Waals surface area contributed by atoms with Crippen LogP contribution in [0.5, 0.6) is 11.5 Å². The Labute approximate surface area is 164 Å². The van der Waals surface area contributed by atoms with Crippen LogP contribution in [0.25, 0.3) is 0 Å². The molecular formula is C23H15FO5. The summed E-state index contributed by atoms with van der Waals surface area (Å²) in [7, 11) is 0. The molecule has 144 valence electrons. The second-order valence-corrected chi connectivity index (χ2v) is 7.30. The van der Waals surface area contributed by atoms with Gasteiger partial charge in [0.05, 0.1) is 17.2 Å². The van der Waals surface area contributed by atoms with Crippen LogP contribution in [0.4, 0.5) is 4.39 Å². The average Bonchev–Trinajstić information content (AvgIpc) is 3.07. The molecule has 0 saturated carbocycles. The second kappa shape index (κ2) is 5.99. The predicted octanol–water partition coefficient (Wildman–Crippen LogP) is 3.58. The standard InChI is InChI=1S/C23H15FO5/c24-14-8-4-3-5-10(14)13-9-15(25)17-16(13)22(28)18-19(23(17)29)21(27)12-7-2-1-6-11(12)20(18)26/h1-8,13,15,25,28-29H,9H2. The van der Waals surface area contributed by atoms with Gasteiger partial charge in [-0.3, -0.25) is 9.59 Å². The minimum absolute atomic E-state index is 0.00953. The van der Waals surface area contributed by atoms with Crippen molar-refractivity contribution in [1.29, 1.82) is 0 Å². The Morgan fingerprint density at radius 2 is 1.31 bits per heavy atom. The molecule has 5 rings (SSSR count). The van der Waals surface area contributed by atoms with Gasteiger partial charge in [0.15, 0.2) is 11.6 Å². The van der Waals surface area contributed by atoms with Crippen molar-refractivity contribution in [2.75, 3.05) is 0 Å². The molecule has 0 heterocycles. The minimum atomic E-state index is -1.22. The molecular weight excluding hydrogens is 375 g/mol. The molecule has 2 aliphatic carbocycles. The molecule has 0 fully saturated rings. The van der Waals surface area contributed by atoms with Crippen LogP contribution < -0.4 is 0 Å². The Morgan fingerprint density at radius 3 is 1.90 bits per heavy atom. The first-order chi connectivity index (χ1) is 13.9. The number of phenols is 2. The van der Waals surface area contributed by atoms with Gasteiger partial charge in [-0.1, -0.05) is 42.5 Å². The van der Waals surface area contributed by atoms with Crippen molar-refractivity contribution in [1.82, 2.24) is 0 Å². The maximum Gasteiger partial charge on any atom is 0.198 e. The van der Waals surface area contributed by atoms with Crippen LogP contribution in [-0.2, 0) is 0 Å². The number of benzene rings is 3. The Hall–Kier alpha value is -3.51. The van der Waals surface area contributed by atoms with Crippen molar-refractivity contribution in [3.8, 4) is 11.5 Å². The second-order valence-electron chi connectivity index (χ2n) is 7.30. The summed E-state index contributed by atoms with van der Waals surface area (Å²) in [5.74, 6) is -3.52. The number of carbonyl (C=O) groups excluding carboxylic acids is 2. The van der Waals surface area contributed by atoms with E-state index in [-0.39, 0.29) is 45.4 Å². The van der Waals surface area contributed by atoms with Crippen molar-refractivity contribution in [3.05, 3.63) is 93.3 Å². The molecule has 2 aliphatic rings. The van der Waals surface area contributed by atoms with Crippen LogP contribution in [-0.4, -0.2) is 26.9 Å². The third-order valence-electron chi connectivity index (χ3n) is 5.82. The Morgan fingerprint density at radius 1 is 0.793 bits per heavy atom. The van der Waals surface area contributed by atoms with Gasteiger partial charge in [0.2, 0.25) is 0 Å². The first kappa shape index (κ1) is 17.6. The highest BCUT2D eigenvalue weighted by molar-refractivity contribution is 6.30. The molecule has 3 aromatic carbocycles. The maximum atomic E-state index is 14.4. The highest BCUT2D eigenvalue weighted by Crippen LogP contribution is 2.55. The number of fused-ring (bicyclic) bond motifs is 3. The lowest BCUT2D eigenvalue weighted by Gasteiger charge is -2.23. The molecule has 5 nitrogen and oxygen atoms in total. The summed E-state index contributed by atoms with van der Waals surface area (Å²) in [6.45, 7) is 0. The number of halogens is 1. The largest absolute Gasteiger partial charge is 0.507 e. The highest BCUT2D eigenvalue weighted by atomic mass is 19.1. The molecule has 0 spiro atoms. The van der Waals surface area contributed by atoms with Crippen LogP contribution in [0.2, 0.25) is 0 Å². The lowest BCUT2D eigenvalue weighted by atomic mass is 9.79. The molecule has 6 heteroatoms. The van der Waals surface area contributed by atoms with E-state index in [1.807, 2.05) is 0 Å². The molecule has 29 heavy (non-hydrogen) atoms. The fourth-order valence-corrected chi connectivity index (χ4v) is 4.54. The van der Waals surface area contributed by atoms with Crippen molar-refractivity contribution in [3.63, 3.8) is 0 Å². The van der Waals surface area contributed by atoms with E-state index in [2.05, 4.69) is 0 Å². The number of phenolic OH excluding ortho intramolecular Hbond substituents is 2. The summed E-state index contributed by atoms with van der Waals surface area (Å²) in [6.07, 6.45) is -1.21. The number of aromatic hydroxyl groups is 2. The van der Waals surface area contributed by atoms with Gasteiger partial charge in [0.1, 0.15) is 17.3 Å². The lowest BCUT2D eigenvalue weighted by molar-refractivity contribution is 0.0973. The van der Waals surface area contributed by atoms with E-state index in [0.717, 1.165) is 0 Å². The number of rotatable bonds is 1. The van der Waals surface area contributed by atoms with E-state index in [9.17, 15) is 29.3 Å². The summed E-state index contributed by atoms with van der Waals surface area (Å²) < 4.78 is 14.4. The molecule has 3 aromatic rings. The van der Waals surface area contributed by atoms with E-state index in [0.29, 0.717) is 0 Å². The highest BCUT2D eigenvalue weighted by Gasteiger charge is 2.44. The van der Waals surface area contributed by atoms with Crippen LogP contribution >= 0.6 is 0 Å². The average molecular weight is 390 g/mol. The third kappa shape index (κ3) is 2.23. The number of carbonyl (C=O) groups is 2. The Balaban J connectivity index is 1.82. The lowest BCUT2D eigenvalue weighted by Crippen LogP contribution is -2.22. The molecule has 2 atom stereocenters. The van der Waals surface area contributed by atoms with E-state index >= 15 is 0 Å². The van der Waals surface area contributed by atoms with Gasteiger partial charge in [-0.2, -0.15) is 0 Å². The zero-order chi connectivity index (χ0) is 20.4. The number of ketones is 2. The summed E-state index contributed by atoms with van der Waals surface area (Å²) in [5, 5.41) is 32.4. The van der Waals surface area contributed by atoms with Crippen molar-refractivity contribution in [2.24, 2.45) is 0 Å². The molecule has 2 unspecified atom stereocenters. The summed E-state index contributed by atoms with van der Waals surface area (Å²) >= 11 is 0. The fraction of sp³-hybridized carbons (Fsp3) is 0.130. The van der Waals surface area contributed by atoms with Gasteiger partial charge in [0, 0.05) is 28.2 Å². The molecule has 0 aliphatic heterocycles. The smallest absolute Gasteiger partial charge is 0.198 e. The number of hydrogen-bond donors (Lipinski definition) is 3. The van der Waals surface area contributed by atoms with Crippen molar-refractivity contribution < 1.29 is 29.3 Å². The van der Waals surface area contributed by atoms with Crippen molar-refractivity contribution in [2.45, 2.75) is 18.4 Å². The maximum absolute atomic E-state index is 14.4. The molecule has 3 N–H and O–H groups in total. The quantitative estimate of drug-likeness (QED) is 0.432. The number of aliphatic hydroxyl groups is 1. The van der Waals surface area contributed by atoms with Gasteiger partial charge in [-0.05, 0) is 18.1 Å². The summed E-state index contributed by atoms with van der Waals surface area (Å²) in [6, 6.07) is 12.1. The van der Waals surface area contributed by atoms with Gasteiger partial charge in [0.25, 0.3) is 0 Å². The zero-order valence-corrected chi connectivity index (χ0v) is 15.0. The molecule has 0 aromatic heterocycles. The topological polar surface area (TPSA) is 94.8 Å². The molecule has 0 radical (unpaired) electrons. The molecule has 0 amide bonds. The minimum Gasteiger partial charge on any atom is -0.507 e. The van der Waals surface area contributed by atoms with E-state index in [1.54, 1.807) is 18.2 Å². The number of aliphatic hydroxyl groups excluding tert-OH is 1. The zero-order valence-electron chi connectivity index (χ0n) is 15.0. The molecule has 0 saturated heterocycles. The molecule has 0 bridgehead atoms. The summed E-state index contributed by atoms with van der Waals surface area (Å²) in [5.41, 5.74) is -0.0960. The van der Waals surface area contributed by atoms with E-state index in [1.165, 1.54) is 30.3 Å². The van der Waals surface area contributed by atoms with Gasteiger partial charge < -0.3 is 15.3 Å². The van der Waals surface area contributed by atoms with Crippen LogP contribution in [0, 0.1) is 5.82 Å². The van der Waals surface area contributed by atoms with Crippen molar-refractivity contribution >= 4 is 11.6 Å². The normalized spacial score (nSPS) is 19.7. The third-order valence-corrected chi connectivity index (χ3v) is 5.82. The monoisotopic (exact) mass is 390 g/mol. The van der Waals surface area contributed by atoms with Crippen LogP contribution in [0.3, 0.4) is 0 Å². The number of hydrogen-bond acceptors (Lipinski definition) is 5. The van der Waals surface area contributed by atoms with E-state index in [4.69, 9.17) is 0 Å². The Kier molecular flexibility index (Phi) is 3.63. The van der Waals surface area contributed by atoms with Crippen LogP contribution in [0.15, 0.2) is 48.5 Å². The van der Waals surface area contributed by atoms with Crippen LogP contribution in [0.1, 0.15) is 67.0 Å². The van der Waals surface area contributed by atoms with E-state index < -0.39 is 40.9 Å². The fourth-order valence-electron chi connectivity index (χ4n) is 4.54. The summed E-state index contributed by atoms with van der Waals surface area (Å²) in [4.78, 5) is 26.0. The van der Waals surface area contributed by atoms with Gasteiger partial charge in [-0.15, -0.1) is 0 Å². The predicted molar refractivity (Wildman–Crippen MR) is 101 cm³/mol. The first-order valence-electron chi connectivity index (χ1n) is 9.14.